The van der Waals surface area contributed by atoms with Crippen LogP contribution in [0, 0.1) is 6.92 Å². The van der Waals surface area contributed by atoms with Crippen LogP contribution in [0.4, 0.5) is 0 Å². The lowest BCUT2D eigenvalue weighted by Crippen LogP contribution is -2.03. The zero-order chi connectivity index (χ0) is 11.0. The fraction of sp³-hybridized carbons (Fsp3) is 0.273. The van der Waals surface area contributed by atoms with Gasteiger partial charge in [-0.15, -0.1) is 0 Å². The van der Waals surface area contributed by atoms with Gasteiger partial charge in [-0.05, 0) is 19.1 Å². The Bertz CT molecular complexity index is 529. The number of hydrogen-bond acceptors (Lipinski definition) is 3. The molecule has 0 bridgehead atoms. The van der Waals surface area contributed by atoms with Crippen molar-refractivity contribution in [2.24, 2.45) is 0 Å². The zero-order valence-electron chi connectivity index (χ0n) is 8.94. The molecule has 0 spiro atoms. The van der Waals surface area contributed by atoms with Gasteiger partial charge in [-0.25, -0.2) is 4.98 Å². The van der Waals surface area contributed by atoms with Crippen LogP contribution in [0.5, 0.6) is 5.88 Å². The predicted molar refractivity (Wildman–Crippen MR) is 56.5 cm³/mol. The standard InChI is InChI=1S/C11H12N2O2/c1-7-11(8(2)14)13-9(12-7)5-4-6-10(13)15-3/h4-6H,1-3H3. The van der Waals surface area contributed by atoms with Crippen molar-refractivity contribution in [3.63, 3.8) is 0 Å². The highest BCUT2D eigenvalue weighted by molar-refractivity contribution is 5.94. The molecule has 2 rings (SSSR count). The Kier molecular flexibility index (Phi) is 2.19. The van der Waals surface area contributed by atoms with Crippen LogP contribution in [-0.4, -0.2) is 22.3 Å². The summed E-state index contributed by atoms with van der Waals surface area (Å²) < 4.78 is 6.94. The molecule has 0 aliphatic rings. The summed E-state index contributed by atoms with van der Waals surface area (Å²) in [4.78, 5) is 15.8. The van der Waals surface area contributed by atoms with E-state index < -0.39 is 0 Å². The van der Waals surface area contributed by atoms with Crippen molar-refractivity contribution < 1.29 is 9.53 Å². The van der Waals surface area contributed by atoms with E-state index in [9.17, 15) is 4.79 Å². The summed E-state index contributed by atoms with van der Waals surface area (Å²) in [7, 11) is 1.58. The first kappa shape index (κ1) is 9.71. The largest absolute Gasteiger partial charge is 0.482 e. The average molecular weight is 204 g/mol. The van der Waals surface area contributed by atoms with Crippen LogP contribution in [0.3, 0.4) is 0 Å². The van der Waals surface area contributed by atoms with Crippen molar-refractivity contribution in [1.82, 2.24) is 9.38 Å². The van der Waals surface area contributed by atoms with E-state index in [0.29, 0.717) is 11.6 Å². The quantitative estimate of drug-likeness (QED) is 0.701. The summed E-state index contributed by atoms with van der Waals surface area (Å²) in [6, 6.07) is 5.51. The summed E-state index contributed by atoms with van der Waals surface area (Å²) in [5.41, 5.74) is 2.05. The molecule has 0 aliphatic heterocycles. The highest BCUT2D eigenvalue weighted by Gasteiger charge is 2.15. The number of Topliss-reactive ketones (excluding diaryl/α,β-unsaturated/α-hetero) is 1. The van der Waals surface area contributed by atoms with Gasteiger partial charge in [0, 0.05) is 6.92 Å². The highest BCUT2D eigenvalue weighted by atomic mass is 16.5. The number of pyridine rings is 1. The van der Waals surface area contributed by atoms with Crippen LogP contribution < -0.4 is 4.74 Å². The number of rotatable bonds is 2. The third-order valence-electron chi connectivity index (χ3n) is 2.32. The number of ketones is 1. The summed E-state index contributed by atoms with van der Waals surface area (Å²) in [6.07, 6.45) is 0. The van der Waals surface area contributed by atoms with E-state index in [0.717, 1.165) is 11.3 Å². The van der Waals surface area contributed by atoms with Crippen molar-refractivity contribution in [2.75, 3.05) is 7.11 Å². The van der Waals surface area contributed by atoms with Crippen LogP contribution in [-0.2, 0) is 0 Å². The fourth-order valence-electron chi connectivity index (χ4n) is 1.75. The van der Waals surface area contributed by atoms with Gasteiger partial charge >= 0.3 is 0 Å². The molecule has 0 fully saturated rings. The Balaban J connectivity index is 2.88. The first-order valence-corrected chi connectivity index (χ1v) is 4.68. The van der Waals surface area contributed by atoms with E-state index in [1.54, 1.807) is 17.6 Å². The number of nitrogens with zero attached hydrogens (tertiary/aromatic N) is 2. The molecule has 0 amide bonds. The lowest BCUT2D eigenvalue weighted by molar-refractivity contribution is 0.101. The number of methoxy groups -OCH3 is 1. The number of carbonyl (C=O) groups is 1. The Morgan fingerprint density at radius 2 is 2.20 bits per heavy atom. The van der Waals surface area contributed by atoms with E-state index in [2.05, 4.69) is 4.98 Å². The number of ether oxygens (including phenoxy) is 1. The molecular formula is C11H12N2O2. The lowest BCUT2D eigenvalue weighted by Gasteiger charge is -2.05. The molecule has 15 heavy (non-hydrogen) atoms. The first-order valence-electron chi connectivity index (χ1n) is 4.68. The summed E-state index contributed by atoms with van der Waals surface area (Å²) in [6.45, 7) is 3.35. The van der Waals surface area contributed by atoms with Crippen LogP contribution in [0.1, 0.15) is 23.1 Å². The van der Waals surface area contributed by atoms with Crippen molar-refractivity contribution in [3.8, 4) is 5.88 Å². The Hall–Kier alpha value is -1.84. The predicted octanol–water partition coefficient (Wildman–Crippen LogP) is 1.85. The van der Waals surface area contributed by atoms with E-state index >= 15 is 0 Å². The minimum atomic E-state index is -0.00972. The number of aromatic nitrogens is 2. The molecule has 4 nitrogen and oxygen atoms in total. The minimum Gasteiger partial charge on any atom is -0.482 e. The monoisotopic (exact) mass is 204 g/mol. The second-order valence-electron chi connectivity index (χ2n) is 3.36. The normalized spacial score (nSPS) is 10.6. The van der Waals surface area contributed by atoms with Crippen LogP contribution in [0.15, 0.2) is 18.2 Å². The Morgan fingerprint density at radius 1 is 1.47 bits per heavy atom. The maximum Gasteiger partial charge on any atom is 0.199 e. The number of imidazole rings is 1. The molecule has 0 saturated heterocycles. The van der Waals surface area contributed by atoms with Gasteiger partial charge in [0.2, 0.25) is 0 Å². The van der Waals surface area contributed by atoms with Gasteiger partial charge in [-0.1, -0.05) is 6.07 Å². The zero-order valence-corrected chi connectivity index (χ0v) is 8.94. The van der Waals surface area contributed by atoms with Gasteiger partial charge in [0.1, 0.15) is 11.3 Å². The van der Waals surface area contributed by atoms with Crippen LogP contribution in [0.25, 0.3) is 5.65 Å². The molecule has 0 N–H and O–H groups in total. The smallest absolute Gasteiger partial charge is 0.199 e. The SMILES string of the molecule is COc1cccc2nc(C)c(C(C)=O)n12. The second-order valence-corrected chi connectivity index (χ2v) is 3.36. The van der Waals surface area contributed by atoms with E-state index in [-0.39, 0.29) is 5.78 Å². The molecule has 78 valence electrons. The maximum absolute atomic E-state index is 11.5. The van der Waals surface area contributed by atoms with E-state index in [1.807, 2.05) is 19.1 Å². The van der Waals surface area contributed by atoms with Gasteiger partial charge < -0.3 is 4.74 Å². The second kappa shape index (κ2) is 3.38. The molecule has 0 aromatic carbocycles. The maximum atomic E-state index is 11.5. The highest BCUT2D eigenvalue weighted by Crippen LogP contribution is 2.19. The molecule has 0 radical (unpaired) electrons. The molecular weight excluding hydrogens is 192 g/mol. The van der Waals surface area contributed by atoms with E-state index in [4.69, 9.17) is 4.74 Å². The van der Waals surface area contributed by atoms with Gasteiger partial charge in [0.25, 0.3) is 0 Å². The summed E-state index contributed by atoms with van der Waals surface area (Å²) in [5.74, 6) is 0.614. The third kappa shape index (κ3) is 1.38. The molecule has 2 aromatic rings. The Labute approximate surface area is 87.5 Å². The average Bonchev–Trinajstić information content (AvgIpc) is 2.53. The fourth-order valence-corrected chi connectivity index (χ4v) is 1.75. The third-order valence-corrected chi connectivity index (χ3v) is 2.32. The summed E-state index contributed by atoms with van der Waals surface area (Å²) >= 11 is 0. The van der Waals surface area contributed by atoms with Gasteiger partial charge in [0.15, 0.2) is 11.7 Å². The molecule has 0 aliphatic carbocycles. The van der Waals surface area contributed by atoms with Crippen molar-refractivity contribution in [2.45, 2.75) is 13.8 Å². The molecule has 4 heteroatoms. The molecule has 0 atom stereocenters. The van der Waals surface area contributed by atoms with Gasteiger partial charge in [-0.2, -0.15) is 0 Å². The van der Waals surface area contributed by atoms with E-state index in [1.165, 1.54) is 6.92 Å². The lowest BCUT2D eigenvalue weighted by atomic mass is 10.2. The first-order chi connectivity index (χ1) is 7.15. The van der Waals surface area contributed by atoms with Gasteiger partial charge in [0.05, 0.1) is 12.8 Å². The van der Waals surface area contributed by atoms with Crippen molar-refractivity contribution >= 4 is 11.4 Å². The number of aryl methyl sites for hydroxylation is 1. The summed E-state index contributed by atoms with van der Waals surface area (Å²) in [5, 5.41) is 0. The van der Waals surface area contributed by atoms with Crippen molar-refractivity contribution in [3.05, 3.63) is 29.6 Å². The van der Waals surface area contributed by atoms with Crippen LogP contribution >= 0.6 is 0 Å². The minimum absolute atomic E-state index is 0.00972. The van der Waals surface area contributed by atoms with Crippen molar-refractivity contribution in [1.29, 1.82) is 0 Å². The topological polar surface area (TPSA) is 43.6 Å². The Morgan fingerprint density at radius 3 is 2.80 bits per heavy atom. The number of carbonyl (C=O) groups excluding carboxylic acids is 1. The molecule has 0 saturated carbocycles. The molecule has 2 heterocycles. The van der Waals surface area contributed by atoms with Gasteiger partial charge in [-0.3, -0.25) is 9.20 Å². The number of hydrogen-bond donors (Lipinski definition) is 0. The molecule has 2 aromatic heterocycles. The number of fused-ring (bicyclic) bond motifs is 1. The molecule has 0 unspecified atom stereocenters. The van der Waals surface area contributed by atoms with Crippen LogP contribution in [0.2, 0.25) is 0 Å².